The first-order chi connectivity index (χ1) is 6.18. The van der Waals surface area contributed by atoms with Gasteiger partial charge in [-0.2, -0.15) is 0 Å². The summed E-state index contributed by atoms with van der Waals surface area (Å²) in [6.45, 7) is 4.56. The summed E-state index contributed by atoms with van der Waals surface area (Å²) < 4.78 is 0. The number of nitrogens with one attached hydrogen (secondary N) is 1. The van der Waals surface area contributed by atoms with Crippen molar-refractivity contribution in [1.29, 1.82) is 0 Å². The highest BCUT2D eigenvalue weighted by molar-refractivity contribution is 8.76. The van der Waals surface area contributed by atoms with E-state index in [4.69, 9.17) is 5.73 Å². The van der Waals surface area contributed by atoms with Gasteiger partial charge in [0.15, 0.2) is 0 Å². The topological polar surface area (TPSA) is 55.1 Å². The molecule has 0 aromatic heterocycles. The van der Waals surface area contributed by atoms with Crippen molar-refractivity contribution in [3.8, 4) is 0 Å². The first-order valence-corrected chi connectivity index (χ1v) is 6.95. The maximum atomic E-state index is 11.0. The molecular weight excluding hydrogens is 240 g/mol. The van der Waals surface area contributed by atoms with Gasteiger partial charge in [-0.15, -0.1) is 12.4 Å². The fourth-order valence-electron chi connectivity index (χ4n) is 0.578. The van der Waals surface area contributed by atoms with E-state index < -0.39 is 6.04 Å². The molecule has 0 saturated carbocycles. The number of carbonyl (C=O) groups is 1. The summed E-state index contributed by atoms with van der Waals surface area (Å²) in [5.41, 5.74) is 5.37. The molecule has 0 aliphatic rings. The van der Waals surface area contributed by atoms with E-state index in [1.54, 1.807) is 17.7 Å². The highest BCUT2D eigenvalue weighted by atomic mass is 35.5. The van der Waals surface area contributed by atoms with Gasteiger partial charge in [0.2, 0.25) is 5.91 Å². The lowest BCUT2D eigenvalue weighted by atomic mass is 10.3. The number of hydrogen-bond donors (Lipinski definition) is 2. The molecule has 0 aliphatic heterocycles. The van der Waals surface area contributed by atoms with Crippen LogP contribution in [0.25, 0.3) is 0 Å². The molecule has 0 fully saturated rings. The fourth-order valence-corrected chi connectivity index (χ4v) is 2.62. The number of halogens is 1. The van der Waals surface area contributed by atoms with Gasteiger partial charge in [0.1, 0.15) is 0 Å². The van der Waals surface area contributed by atoms with Crippen molar-refractivity contribution in [1.82, 2.24) is 5.32 Å². The quantitative estimate of drug-likeness (QED) is 0.539. The lowest BCUT2D eigenvalue weighted by Crippen LogP contribution is -2.39. The predicted molar refractivity (Wildman–Crippen MR) is 69.1 cm³/mol. The second-order valence-electron chi connectivity index (χ2n) is 2.72. The molecule has 6 heteroatoms. The first-order valence-electron chi connectivity index (χ1n) is 4.46. The molecule has 0 spiro atoms. The van der Waals surface area contributed by atoms with Crippen molar-refractivity contribution in [2.75, 3.05) is 18.1 Å². The van der Waals surface area contributed by atoms with Crippen LogP contribution < -0.4 is 11.1 Å². The van der Waals surface area contributed by atoms with Crippen LogP contribution in [-0.2, 0) is 4.79 Å². The van der Waals surface area contributed by atoms with Gasteiger partial charge in [-0.1, -0.05) is 28.5 Å². The largest absolute Gasteiger partial charge is 0.354 e. The molecule has 0 saturated heterocycles. The van der Waals surface area contributed by atoms with Crippen LogP contribution in [0.1, 0.15) is 20.3 Å². The van der Waals surface area contributed by atoms with E-state index in [1.165, 1.54) is 12.2 Å². The SMILES string of the molecule is CCCSSCCNC(=O)C(C)N.Cl. The molecule has 86 valence electrons. The Kier molecular flexibility index (Phi) is 13.8. The van der Waals surface area contributed by atoms with Gasteiger partial charge < -0.3 is 11.1 Å². The zero-order valence-electron chi connectivity index (χ0n) is 8.62. The van der Waals surface area contributed by atoms with E-state index in [9.17, 15) is 4.79 Å². The second kappa shape index (κ2) is 11.5. The summed E-state index contributed by atoms with van der Waals surface area (Å²) in [7, 11) is 3.64. The molecule has 0 radical (unpaired) electrons. The summed E-state index contributed by atoms with van der Waals surface area (Å²) >= 11 is 0. The zero-order chi connectivity index (χ0) is 10.1. The van der Waals surface area contributed by atoms with E-state index in [0.717, 1.165) is 5.75 Å². The van der Waals surface area contributed by atoms with Gasteiger partial charge in [-0.05, 0) is 13.3 Å². The minimum atomic E-state index is -0.395. The molecule has 3 N–H and O–H groups in total. The minimum absolute atomic E-state index is 0. The zero-order valence-corrected chi connectivity index (χ0v) is 11.1. The molecule has 1 unspecified atom stereocenters. The molecule has 0 rings (SSSR count). The molecule has 0 aromatic carbocycles. The van der Waals surface area contributed by atoms with Crippen LogP contribution in [0.3, 0.4) is 0 Å². The van der Waals surface area contributed by atoms with Crippen LogP contribution in [-0.4, -0.2) is 30.0 Å². The number of nitrogens with two attached hydrogens (primary N) is 1. The number of rotatable bonds is 7. The second-order valence-corrected chi connectivity index (χ2v) is 5.43. The fraction of sp³-hybridized carbons (Fsp3) is 0.875. The number of carbonyl (C=O) groups excluding carboxylic acids is 1. The maximum Gasteiger partial charge on any atom is 0.236 e. The van der Waals surface area contributed by atoms with Crippen molar-refractivity contribution in [2.45, 2.75) is 26.3 Å². The van der Waals surface area contributed by atoms with Crippen LogP contribution in [0.15, 0.2) is 0 Å². The van der Waals surface area contributed by atoms with Gasteiger partial charge in [0.25, 0.3) is 0 Å². The lowest BCUT2D eigenvalue weighted by Gasteiger charge is -2.06. The van der Waals surface area contributed by atoms with E-state index in [-0.39, 0.29) is 18.3 Å². The summed E-state index contributed by atoms with van der Waals surface area (Å²) in [5.74, 6) is 2.05. The Balaban J connectivity index is 0. The van der Waals surface area contributed by atoms with E-state index in [0.29, 0.717) is 6.54 Å². The smallest absolute Gasteiger partial charge is 0.236 e. The molecule has 0 heterocycles. The van der Waals surface area contributed by atoms with Gasteiger partial charge in [0.05, 0.1) is 6.04 Å². The predicted octanol–water partition coefficient (Wildman–Crippen LogP) is 1.66. The monoisotopic (exact) mass is 258 g/mol. The minimum Gasteiger partial charge on any atom is -0.354 e. The van der Waals surface area contributed by atoms with Crippen molar-refractivity contribution < 1.29 is 4.79 Å². The van der Waals surface area contributed by atoms with Crippen LogP contribution in [0, 0.1) is 0 Å². The Morgan fingerprint density at radius 2 is 2.00 bits per heavy atom. The standard InChI is InChI=1S/C8H18N2OS2.ClH/c1-3-5-12-13-6-4-10-8(11)7(2)9;/h7H,3-6,9H2,1-2H3,(H,10,11);1H. The molecule has 0 aliphatic carbocycles. The summed E-state index contributed by atoms with van der Waals surface area (Å²) in [6, 6.07) is -0.395. The Morgan fingerprint density at radius 3 is 2.50 bits per heavy atom. The molecule has 0 aromatic rings. The van der Waals surface area contributed by atoms with Crippen LogP contribution in [0.2, 0.25) is 0 Å². The summed E-state index contributed by atoms with van der Waals surface area (Å²) in [6.07, 6.45) is 1.20. The van der Waals surface area contributed by atoms with Crippen molar-refractivity contribution in [3.05, 3.63) is 0 Å². The molecule has 0 bridgehead atoms. The van der Waals surface area contributed by atoms with Crippen LogP contribution in [0.5, 0.6) is 0 Å². The number of hydrogen-bond acceptors (Lipinski definition) is 4. The number of amides is 1. The van der Waals surface area contributed by atoms with Gasteiger partial charge in [0, 0.05) is 18.1 Å². The van der Waals surface area contributed by atoms with Crippen molar-refractivity contribution in [3.63, 3.8) is 0 Å². The lowest BCUT2D eigenvalue weighted by molar-refractivity contribution is -0.121. The van der Waals surface area contributed by atoms with E-state index in [1.807, 2.05) is 10.8 Å². The maximum absolute atomic E-state index is 11.0. The molecule has 1 amide bonds. The Bertz CT molecular complexity index is 147. The Labute approximate surface area is 100 Å². The van der Waals surface area contributed by atoms with E-state index >= 15 is 0 Å². The van der Waals surface area contributed by atoms with Crippen molar-refractivity contribution in [2.24, 2.45) is 5.73 Å². The molecule has 3 nitrogen and oxygen atoms in total. The van der Waals surface area contributed by atoms with Gasteiger partial charge in [-0.25, -0.2) is 0 Å². The van der Waals surface area contributed by atoms with E-state index in [2.05, 4.69) is 12.2 Å². The van der Waals surface area contributed by atoms with Crippen LogP contribution in [0.4, 0.5) is 0 Å². The third-order valence-electron chi connectivity index (χ3n) is 1.27. The third kappa shape index (κ3) is 10.5. The molecule has 1 atom stereocenters. The Hall–Kier alpha value is 0.420. The third-order valence-corrected chi connectivity index (χ3v) is 3.88. The van der Waals surface area contributed by atoms with Crippen molar-refractivity contribution >= 4 is 39.9 Å². The van der Waals surface area contributed by atoms with Gasteiger partial charge in [-0.3, -0.25) is 4.79 Å². The first kappa shape index (κ1) is 16.8. The summed E-state index contributed by atoms with van der Waals surface area (Å²) in [4.78, 5) is 11.0. The average Bonchev–Trinajstić information content (AvgIpc) is 2.10. The van der Waals surface area contributed by atoms with Gasteiger partial charge >= 0.3 is 0 Å². The molecule has 14 heavy (non-hydrogen) atoms. The highest BCUT2D eigenvalue weighted by Gasteiger charge is 2.04. The average molecular weight is 259 g/mol. The molecular formula is C8H19ClN2OS2. The highest BCUT2D eigenvalue weighted by Crippen LogP contribution is 2.20. The summed E-state index contributed by atoms with van der Waals surface area (Å²) in [5, 5.41) is 2.76. The normalized spacial score (nSPS) is 11.6. The van der Waals surface area contributed by atoms with Crippen LogP contribution >= 0.6 is 34.0 Å². The Morgan fingerprint density at radius 1 is 1.43 bits per heavy atom.